The Morgan fingerprint density at radius 3 is 2.75 bits per heavy atom. The van der Waals surface area contributed by atoms with Crippen molar-refractivity contribution < 1.29 is 19.1 Å². The molecule has 1 heterocycles. The van der Waals surface area contributed by atoms with Crippen LogP contribution in [-0.2, 0) is 9.53 Å². The van der Waals surface area contributed by atoms with Crippen molar-refractivity contribution in [3.05, 3.63) is 23.8 Å². The van der Waals surface area contributed by atoms with Gasteiger partial charge in [-0.2, -0.15) is 0 Å². The van der Waals surface area contributed by atoms with E-state index in [9.17, 15) is 9.59 Å². The lowest BCUT2D eigenvalue weighted by Gasteiger charge is -2.30. The van der Waals surface area contributed by atoms with Gasteiger partial charge in [-0.3, -0.25) is 9.59 Å². The molecule has 2 amide bonds. The molecular weight excluding hydrogens is 308 g/mol. The minimum Gasteiger partial charge on any atom is -0.482 e. The molecule has 0 spiro atoms. The highest BCUT2D eigenvalue weighted by atomic mass is 16.5. The van der Waals surface area contributed by atoms with E-state index in [1.165, 1.54) is 0 Å². The smallest absolute Gasteiger partial charge is 0.262 e. The number of carbonyl (C=O) groups excluding carboxylic acids is 2. The Kier molecular flexibility index (Phi) is 5.04. The van der Waals surface area contributed by atoms with E-state index in [0.717, 1.165) is 25.7 Å². The molecule has 0 bridgehead atoms. The molecule has 2 aliphatic rings. The molecule has 0 atom stereocenters. The second kappa shape index (κ2) is 7.21. The Morgan fingerprint density at radius 1 is 1.29 bits per heavy atom. The summed E-state index contributed by atoms with van der Waals surface area (Å²) >= 11 is 0. The summed E-state index contributed by atoms with van der Waals surface area (Å²) in [7, 11) is 0. The third kappa shape index (κ3) is 4.06. The molecule has 6 heteroatoms. The van der Waals surface area contributed by atoms with Crippen LogP contribution in [0, 0.1) is 0 Å². The number of carbonyl (C=O) groups is 2. The molecule has 0 aromatic heterocycles. The van der Waals surface area contributed by atoms with Gasteiger partial charge in [-0.25, -0.2) is 0 Å². The first kappa shape index (κ1) is 16.8. The number of rotatable bonds is 4. The fourth-order valence-corrected chi connectivity index (χ4v) is 3.22. The van der Waals surface area contributed by atoms with E-state index >= 15 is 0 Å². The van der Waals surface area contributed by atoms with Crippen LogP contribution in [0.4, 0.5) is 5.69 Å². The number of benzene rings is 1. The van der Waals surface area contributed by atoms with Gasteiger partial charge in [-0.15, -0.1) is 0 Å². The lowest BCUT2D eigenvalue weighted by Crippen LogP contribution is -2.39. The molecule has 6 nitrogen and oxygen atoms in total. The summed E-state index contributed by atoms with van der Waals surface area (Å²) < 4.78 is 11.1. The highest BCUT2D eigenvalue weighted by molar-refractivity contribution is 5.99. The first-order chi connectivity index (χ1) is 11.5. The summed E-state index contributed by atoms with van der Waals surface area (Å²) in [4.78, 5) is 23.8. The van der Waals surface area contributed by atoms with Gasteiger partial charge >= 0.3 is 0 Å². The highest BCUT2D eigenvalue weighted by Gasteiger charge is 2.24. The van der Waals surface area contributed by atoms with Gasteiger partial charge in [0.1, 0.15) is 5.75 Å². The van der Waals surface area contributed by atoms with Gasteiger partial charge in [0.2, 0.25) is 0 Å². The van der Waals surface area contributed by atoms with Gasteiger partial charge < -0.3 is 20.1 Å². The predicted octanol–water partition coefficient (Wildman–Crippen LogP) is 2.48. The minimum atomic E-state index is -0.205. The Morgan fingerprint density at radius 2 is 2.04 bits per heavy atom. The van der Waals surface area contributed by atoms with E-state index in [2.05, 4.69) is 10.6 Å². The van der Waals surface area contributed by atoms with Crippen molar-refractivity contribution in [1.82, 2.24) is 5.32 Å². The third-order valence-electron chi connectivity index (χ3n) is 4.35. The zero-order valence-electron chi connectivity index (χ0n) is 14.1. The average molecular weight is 332 g/mol. The van der Waals surface area contributed by atoms with Crippen LogP contribution in [0.3, 0.4) is 0 Å². The van der Waals surface area contributed by atoms with Crippen LogP contribution in [0.2, 0.25) is 0 Å². The third-order valence-corrected chi connectivity index (χ3v) is 4.35. The molecule has 1 fully saturated rings. The van der Waals surface area contributed by atoms with Crippen LogP contribution >= 0.6 is 0 Å². The van der Waals surface area contributed by atoms with Gasteiger partial charge in [-0.05, 0) is 57.7 Å². The van der Waals surface area contributed by atoms with Gasteiger partial charge in [0.05, 0.1) is 17.9 Å². The first-order valence-corrected chi connectivity index (χ1v) is 8.54. The highest BCUT2D eigenvalue weighted by Crippen LogP contribution is 2.29. The normalized spacial score (nSPS) is 23.2. The fraction of sp³-hybridized carbons (Fsp3) is 0.556. The first-order valence-electron chi connectivity index (χ1n) is 8.54. The molecular formula is C18H24N2O4. The Bertz CT molecular complexity index is 621. The van der Waals surface area contributed by atoms with E-state index in [-0.39, 0.29) is 30.6 Å². The lowest BCUT2D eigenvalue weighted by atomic mass is 9.92. The van der Waals surface area contributed by atoms with Crippen molar-refractivity contribution >= 4 is 17.5 Å². The maximum Gasteiger partial charge on any atom is 0.262 e. The quantitative estimate of drug-likeness (QED) is 0.888. The molecule has 130 valence electrons. The van der Waals surface area contributed by atoms with Crippen molar-refractivity contribution in [3.63, 3.8) is 0 Å². The van der Waals surface area contributed by atoms with Crippen molar-refractivity contribution in [2.45, 2.75) is 57.8 Å². The number of ether oxygens (including phenoxy) is 2. The van der Waals surface area contributed by atoms with Crippen molar-refractivity contribution in [1.29, 1.82) is 0 Å². The molecule has 2 N–H and O–H groups in total. The number of anilines is 1. The Hall–Kier alpha value is -2.08. The largest absolute Gasteiger partial charge is 0.482 e. The van der Waals surface area contributed by atoms with Gasteiger partial charge in [0.25, 0.3) is 11.8 Å². The molecule has 1 aromatic rings. The molecule has 1 aromatic carbocycles. The number of hydrogen-bond donors (Lipinski definition) is 2. The molecule has 1 aliphatic heterocycles. The molecule has 0 unspecified atom stereocenters. The second-order valence-corrected chi connectivity index (χ2v) is 6.68. The zero-order valence-corrected chi connectivity index (χ0v) is 14.1. The van der Waals surface area contributed by atoms with E-state index in [1.807, 2.05) is 13.8 Å². The van der Waals surface area contributed by atoms with Crippen LogP contribution in [0.15, 0.2) is 18.2 Å². The van der Waals surface area contributed by atoms with E-state index < -0.39 is 0 Å². The summed E-state index contributed by atoms with van der Waals surface area (Å²) in [6.07, 6.45) is 4.33. The maximum absolute atomic E-state index is 12.4. The zero-order chi connectivity index (χ0) is 17.1. The van der Waals surface area contributed by atoms with E-state index in [0.29, 0.717) is 23.1 Å². The molecule has 3 rings (SSSR count). The summed E-state index contributed by atoms with van der Waals surface area (Å²) in [5.41, 5.74) is 1.08. The molecule has 0 saturated heterocycles. The van der Waals surface area contributed by atoms with Crippen molar-refractivity contribution in [2.75, 3.05) is 11.9 Å². The van der Waals surface area contributed by atoms with Crippen LogP contribution in [0.25, 0.3) is 0 Å². The topological polar surface area (TPSA) is 76.7 Å². The fourth-order valence-electron chi connectivity index (χ4n) is 3.22. The van der Waals surface area contributed by atoms with Crippen molar-refractivity contribution in [3.8, 4) is 5.75 Å². The van der Waals surface area contributed by atoms with Crippen LogP contribution in [0.1, 0.15) is 49.9 Å². The summed E-state index contributed by atoms with van der Waals surface area (Å²) in [6, 6.07) is 5.28. The summed E-state index contributed by atoms with van der Waals surface area (Å²) in [6.45, 7) is 4.11. The molecule has 1 aliphatic carbocycles. The predicted molar refractivity (Wildman–Crippen MR) is 90.3 cm³/mol. The van der Waals surface area contributed by atoms with Crippen LogP contribution in [0.5, 0.6) is 5.75 Å². The summed E-state index contributed by atoms with van der Waals surface area (Å²) in [5.74, 6) is 0.270. The SMILES string of the molecule is CC(C)OC1CCC(NC(=O)c2ccc3c(c2)NC(=O)CO3)CC1. The monoisotopic (exact) mass is 332 g/mol. The standard InChI is InChI=1S/C18H24N2O4/c1-11(2)24-14-6-4-13(5-7-14)19-18(22)12-3-8-16-15(9-12)20-17(21)10-23-16/h3,8-9,11,13-14H,4-7,10H2,1-2H3,(H,19,22)(H,20,21). The van der Waals surface area contributed by atoms with Crippen LogP contribution in [-0.4, -0.2) is 36.7 Å². The molecule has 0 radical (unpaired) electrons. The molecule has 24 heavy (non-hydrogen) atoms. The number of nitrogens with one attached hydrogen (secondary N) is 2. The number of hydrogen-bond acceptors (Lipinski definition) is 4. The minimum absolute atomic E-state index is 0.0141. The second-order valence-electron chi connectivity index (χ2n) is 6.68. The van der Waals surface area contributed by atoms with Crippen LogP contribution < -0.4 is 15.4 Å². The van der Waals surface area contributed by atoms with Gasteiger partial charge in [0.15, 0.2) is 6.61 Å². The lowest BCUT2D eigenvalue weighted by molar-refractivity contribution is -0.118. The van der Waals surface area contributed by atoms with Crippen molar-refractivity contribution in [2.24, 2.45) is 0 Å². The van der Waals surface area contributed by atoms with Gasteiger partial charge in [-0.1, -0.05) is 0 Å². The average Bonchev–Trinajstić information content (AvgIpc) is 2.55. The van der Waals surface area contributed by atoms with Gasteiger partial charge in [0, 0.05) is 11.6 Å². The Balaban J connectivity index is 1.56. The number of amides is 2. The Labute approximate surface area is 141 Å². The maximum atomic E-state index is 12.4. The molecule has 1 saturated carbocycles. The number of fused-ring (bicyclic) bond motifs is 1. The van der Waals surface area contributed by atoms with E-state index in [1.54, 1.807) is 18.2 Å². The summed E-state index contributed by atoms with van der Waals surface area (Å²) in [5, 5.41) is 5.80. The van der Waals surface area contributed by atoms with E-state index in [4.69, 9.17) is 9.47 Å².